The van der Waals surface area contributed by atoms with Crippen LogP contribution in [0.3, 0.4) is 0 Å². The van der Waals surface area contributed by atoms with Crippen LogP contribution in [-0.4, -0.2) is 33.6 Å². The van der Waals surface area contributed by atoms with Crippen molar-refractivity contribution in [3.05, 3.63) is 59.2 Å². The summed E-state index contributed by atoms with van der Waals surface area (Å²) in [7, 11) is -3.79. The summed E-state index contributed by atoms with van der Waals surface area (Å²) in [4.78, 5) is 12.5. The maximum atomic E-state index is 12.7. The molecule has 1 amide bonds. The molecule has 6 nitrogen and oxygen atoms in total. The van der Waals surface area contributed by atoms with Crippen molar-refractivity contribution in [2.75, 3.05) is 17.9 Å². The number of rotatable bonds is 9. The first kappa shape index (κ1) is 21.9. The van der Waals surface area contributed by atoms with E-state index < -0.39 is 10.0 Å². The second-order valence-corrected chi connectivity index (χ2v) is 8.66. The van der Waals surface area contributed by atoms with Gasteiger partial charge in [0.05, 0.1) is 11.0 Å². The second kappa shape index (κ2) is 9.71. The number of carbonyl (C=O) groups excluding carboxylic acids is 1. The Morgan fingerprint density at radius 1 is 1.07 bits per heavy atom. The molecule has 152 valence electrons. The quantitative estimate of drug-likeness (QED) is 0.625. The molecule has 0 aliphatic heterocycles. The Morgan fingerprint density at radius 2 is 1.75 bits per heavy atom. The molecule has 2 N–H and O–H groups in total. The van der Waals surface area contributed by atoms with Crippen LogP contribution in [0, 0.1) is 13.8 Å². The van der Waals surface area contributed by atoms with E-state index in [1.165, 1.54) is 12.1 Å². The summed E-state index contributed by atoms with van der Waals surface area (Å²) in [5, 5.41) is 2.81. The predicted octanol–water partition coefficient (Wildman–Crippen LogP) is 3.65. The smallest absolute Gasteiger partial charge is 0.261 e. The maximum absolute atomic E-state index is 12.7. The zero-order valence-electron chi connectivity index (χ0n) is 16.8. The maximum Gasteiger partial charge on any atom is 0.261 e. The molecule has 2 rings (SSSR count). The molecule has 2 aromatic carbocycles. The number of hydrogen-bond donors (Lipinski definition) is 2. The van der Waals surface area contributed by atoms with E-state index in [2.05, 4.69) is 10.0 Å². The van der Waals surface area contributed by atoms with Crippen molar-refractivity contribution >= 4 is 21.6 Å². The van der Waals surface area contributed by atoms with Crippen LogP contribution in [0.2, 0.25) is 0 Å². The van der Waals surface area contributed by atoms with E-state index >= 15 is 0 Å². The number of amides is 1. The van der Waals surface area contributed by atoms with Crippen molar-refractivity contribution in [2.24, 2.45) is 0 Å². The molecule has 28 heavy (non-hydrogen) atoms. The SMILES string of the molecule is Cc1ccc(NS(=O)(=O)c2ccc(C)c(C(=O)NCCCOC(C)C)c2)cc1. The third kappa shape index (κ3) is 6.35. The van der Waals surface area contributed by atoms with Crippen LogP contribution in [-0.2, 0) is 14.8 Å². The van der Waals surface area contributed by atoms with Gasteiger partial charge in [-0.05, 0) is 63.9 Å². The molecule has 0 saturated carbocycles. The monoisotopic (exact) mass is 404 g/mol. The molecule has 0 aliphatic rings. The van der Waals surface area contributed by atoms with Gasteiger partial charge >= 0.3 is 0 Å². The average molecular weight is 405 g/mol. The molecule has 0 spiro atoms. The lowest BCUT2D eigenvalue weighted by Gasteiger charge is -2.12. The van der Waals surface area contributed by atoms with Crippen molar-refractivity contribution in [3.63, 3.8) is 0 Å². The number of anilines is 1. The Bertz CT molecular complexity index is 907. The van der Waals surface area contributed by atoms with E-state index in [9.17, 15) is 13.2 Å². The number of hydrogen-bond acceptors (Lipinski definition) is 4. The van der Waals surface area contributed by atoms with Gasteiger partial charge in [-0.15, -0.1) is 0 Å². The standard InChI is InChI=1S/C21H28N2O4S/c1-15(2)27-13-5-12-22-21(24)20-14-19(11-8-17(20)4)28(25,26)23-18-9-6-16(3)7-10-18/h6-11,14-15,23H,5,12-13H2,1-4H3,(H,22,24). The van der Waals surface area contributed by atoms with E-state index in [0.29, 0.717) is 36.4 Å². The van der Waals surface area contributed by atoms with E-state index in [4.69, 9.17) is 4.74 Å². The van der Waals surface area contributed by atoms with Crippen molar-refractivity contribution in [3.8, 4) is 0 Å². The fourth-order valence-corrected chi connectivity index (χ4v) is 3.62. The number of carbonyl (C=O) groups is 1. The van der Waals surface area contributed by atoms with Gasteiger partial charge in [-0.1, -0.05) is 23.8 Å². The molecular weight excluding hydrogens is 376 g/mol. The fraction of sp³-hybridized carbons (Fsp3) is 0.381. The van der Waals surface area contributed by atoms with Crippen molar-refractivity contribution in [1.82, 2.24) is 5.32 Å². The van der Waals surface area contributed by atoms with Gasteiger partial charge in [-0.25, -0.2) is 8.42 Å². The fourth-order valence-electron chi connectivity index (χ4n) is 2.54. The van der Waals surface area contributed by atoms with Gasteiger partial charge in [0.1, 0.15) is 0 Å². The molecule has 0 aliphatic carbocycles. The second-order valence-electron chi connectivity index (χ2n) is 6.98. The predicted molar refractivity (Wildman–Crippen MR) is 111 cm³/mol. The molecule has 0 bridgehead atoms. The van der Waals surface area contributed by atoms with Crippen LogP contribution in [0.25, 0.3) is 0 Å². The average Bonchev–Trinajstić information content (AvgIpc) is 2.63. The molecule has 7 heteroatoms. The number of aryl methyl sites for hydroxylation is 2. The highest BCUT2D eigenvalue weighted by atomic mass is 32.2. The van der Waals surface area contributed by atoms with E-state index in [1.807, 2.05) is 32.9 Å². The zero-order valence-corrected chi connectivity index (χ0v) is 17.6. The Hall–Kier alpha value is -2.38. The first-order valence-electron chi connectivity index (χ1n) is 9.29. The molecular formula is C21H28N2O4S. The highest BCUT2D eigenvalue weighted by Crippen LogP contribution is 2.19. The minimum Gasteiger partial charge on any atom is -0.379 e. The number of nitrogens with one attached hydrogen (secondary N) is 2. The Labute approximate surface area is 167 Å². The lowest BCUT2D eigenvalue weighted by Crippen LogP contribution is -2.26. The van der Waals surface area contributed by atoms with E-state index in [1.54, 1.807) is 25.1 Å². The topological polar surface area (TPSA) is 84.5 Å². The number of ether oxygens (including phenoxy) is 1. The van der Waals surface area contributed by atoms with Gasteiger partial charge in [0, 0.05) is 24.4 Å². The summed E-state index contributed by atoms with van der Waals surface area (Å²) in [6.45, 7) is 8.64. The zero-order chi connectivity index (χ0) is 20.7. The summed E-state index contributed by atoms with van der Waals surface area (Å²) >= 11 is 0. The molecule has 0 aromatic heterocycles. The third-order valence-corrected chi connectivity index (χ3v) is 5.50. The van der Waals surface area contributed by atoms with Gasteiger partial charge < -0.3 is 10.1 Å². The van der Waals surface area contributed by atoms with Crippen LogP contribution in [0.1, 0.15) is 41.8 Å². The molecule has 0 heterocycles. The van der Waals surface area contributed by atoms with Gasteiger partial charge in [-0.2, -0.15) is 0 Å². The summed E-state index contributed by atoms with van der Waals surface area (Å²) < 4.78 is 33.3. The third-order valence-electron chi connectivity index (χ3n) is 4.13. The highest BCUT2D eigenvalue weighted by Gasteiger charge is 2.18. The Morgan fingerprint density at radius 3 is 2.39 bits per heavy atom. The lowest BCUT2D eigenvalue weighted by atomic mass is 10.1. The van der Waals surface area contributed by atoms with Gasteiger partial charge in [0.2, 0.25) is 0 Å². The van der Waals surface area contributed by atoms with Crippen LogP contribution in [0.5, 0.6) is 0 Å². The van der Waals surface area contributed by atoms with E-state index in [-0.39, 0.29) is 16.9 Å². The van der Waals surface area contributed by atoms with Crippen molar-refractivity contribution in [1.29, 1.82) is 0 Å². The van der Waals surface area contributed by atoms with Gasteiger partial charge in [0.15, 0.2) is 0 Å². The molecule has 0 fully saturated rings. The van der Waals surface area contributed by atoms with Crippen LogP contribution in [0.15, 0.2) is 47.4 Å². The number of sulfonamides is 1. The summed E-state index contributed by atoms with van der Waals surface area (Å²) in [6, 6.07) is 11.6. The lowest BCUT2D eigenvalue weighted by molar-refractivity contribution is 0.0757. The molecule has 0 unspecified atom stereocenters. The first-order valence-corrected chi connectivity index (χ1v) is 10.8. The van der Waals surface area contributed by atoms with Crippen molar-refractivity contribution < 1.29 is 17.9 Å². The molecule has 0 atom stereocenters. The number of benzene rings is 2. The van der Waals surface area contributed by atoms with Gasteiger partial charge in [0.25, 0.3) is 15.9 Å². The van der Waals surface area contributed by atoms with E-state index in [0.717, 1.165) is 5.56 Å². The summed E-state index contributed by atoms with van der Waals surface area (Å²) in [6.07, 6.45) is 0.844. The summed E-state index contributed by atoms with van der Waals surface area (Å²) in [5.74, 6) is -0.297. The van der Waals surface area contributed by atoms with Crippen molar-refractivity contribution in [2.45, 2.75) is 45.1 Å². The Balaban J connectivity index is 2.08. The minimum absolute atomic E-state index is 0.0481. The summed E-state index contributed by atoms with van der Waals surface area (Å²) in [5.41, 5.74) is 2.57. The highest BCUT2D eigenvalue weighted by molar-refractivity contribution is 7.92. The van der Waals surface area contributed by atoms with Gasteiger partial charge in [-0.3, -0.25) is 9.52 Å². The van der Waals surface area contributed by atoms with Crippen LogP contribution < -0.4 is 10.0 Å². The minimum atomic E-state index is -3.79. The molecule has 0 saturated heterocycles. The normalized spacial score (nSPS) is 11.5. The first-order chi connectivity index (χ1) is 13.2. The van der Waals surface area contributed by atoms with Crippen LogP contribution in [0.4, 0.5) is 5.69 Å². The Kier molecular flexibility index (Phi) is 7.60. The molecule has 2 aromatic rings. The largest absolute Gasteiger partial charge is 0.379 e. The molecule has 0 radical (unpaired) electrons. The van der Waals surface area contributed by atoms with Crippen LogP contribution >= 0.6 is 0 Å².